The van der Waals surface area contributed by atoms with Crippen LogP contribution in [0.3, 0.4) is 0 Å². The normalized spacial score (nSPS) is 10.6. The van der Waals surface area contributed by atoms with Crippen molar-refractivity contribution in [2.75, 3.05) is 6.61 Å². The lowest BCUT2D eigenvalue weighted by atomic mass is 10.0. The third kappa shape index (κ3) is 3.41. The third-order valence-electron chi connectivity index (χ3n) is 2.06. The minimum absolute atomic E-state index is 0.682. The van der Waals surface area contributed by atoms with Gasteiger partial charge in [-0.3, -0.25) is 0 Å². The second kappa shape index (κ2) is 5.69. The van der Waals surface area contributed by atoms with Crippen LogP contribution in [-0.4, -0.2) is 6.61 Å². The van der Waals surface area contributed by atoms with Gasteiger partial charge >= 0.3 is 0 Å². The van der Waals surface area contributed by atoms with Gasteiger partial charge in [0.2, 0.25) is 0 Å². The predicted molar refractivity (Wildman–Crippen MR) is 60.8 cm³/mol. The number of benzene rings is 1. The van der Waals surface area contributed by atoms with Crippen molar-refractivity contribution in [1.29, 1.82) is 0 Å². The second-order valence-corrected chi connectivity index (χ2v) is 4.05. The molecule has 1 heteroatoms. The molecule has 0 unspecified atom stereocenters. The molecule has 0 saturated carbocycles. The van der Waals surface area contributed by atoms with Crippen molar-refractivity contribution in [2.45, 2.75) is 33.6 Å². The fourth-order valence-corrected chi connectivity index (χ4v) is 1.47. The van der Waals surface area contributed by atoms with E-state index in [0.717, 1.165) is 25.2 Å². The molecule has 0 fully saturated rings. The topological polar surface area (TPSA) is 9.23 Å². The van der Waals surface area contributed by atoms with Crippen LogP contribution in [-0.2, 0) is 6.42 Å². The highest BCUT2D eigenvalue weighted by atomic mass is 16.5. The fourth-order valence-electron chi connectivity index (χ4n) is 1.47. The van der Waals surface area contributed by atoms with Crippen molar-refractivity contribution < 1.29 is 4.74 Å². The van der Waals surface area contributed by atoms with Gasteiger partial charge in [0.15, 0.2) is 0 Å². The first kappa shape index (κ1) is 11.1. The summed E-state index contributed by atoms with van der Waals surface area (Å²) in [6, 6.07) is 8.34. The first-order valence-corrected chi connectivity index (χ1v) is 5.44. The van der Waals surface area contributed by atoms with E-state index in [0.29, 0.717) is 5.92 Å². The molecule has 78 valence electrons. The van der Waals surface area contributed by atoms with Gasteiger partial charge in [-0.05, 0) is 30.4 Å². The lowest BCUT2D eigenvalue weighted by molar-refractivity contribution is 0.313. The third-order valence-corrected chi connectivity index (χ3v) is 2.06. The minimum atomic E-state index is 0.682. The Bertz CT molecular complexity index is 266. The van der Waals surface area contributed by atoms with E-state index in [-0.39, 0.29) is 0 Å². The Kier molecular flexibility index (Phi) is 4.51. The number of rotatable bonds is 5. The van der Waals surface area contributed by atoms with Gasteiger partial charge in [0.05, 0.1) is 6.61 Å². The Morgan fingerprint density at radius 3 is 2.57 bits per heavy atom. The zero-order valence-electron chi connectivity index (χ0n) is 9.42. The first-order chi connectivity index (χ1) is 6.74. The molecule has 0 saturated heterocycles. The summed E-state index contributed by atoms with van der Waals surface area (Å²) >= 11 is 0. The summed E-state index contributed by atoms with van der Waals surface area (Å²) in [5, 5.41) is 0. The van der Waals surface area contributed by atoms with Gasteiger partial charge in [-0.1, -0.05) is 39.0 Å². The van der Waals surface area contributed by atoms with Crippen molar-refractivity contribution in [3.05, 3.63) is 29.8 Å². The molecule has 0 aliphatic rings. The number of hydrogen-bond acceptors (Lipinski definition) is 1. The lowest BCUT2D eigenvalue weighted by Crippen LogP contribution is -2.01. The summed E-state index contributed by atoms with van der Waals surface area (Å²) in [4.78, 5) is 0. The van der Waals surface area contributed by atoms with Gasteiger partial charge in [0.25, 0.3) is 0 Å². The maximum Gasteiger partial charge on any atom is 0.122 e. The van der Waals surface area contributed by atoms with E-state index in [1.165, 1.54) is 5.56 Å². The van der Waals surface area contributed by atoms with Crippen molar-refractivity contribution in [3.8, 4) is 5.75 Å². The fraction of sp³-hybridized carbons (Fsp3) is 0.538. The van der Waals surface area contributed by atoms with Crippen LogP contribution in [0, 0.1) is 5.92 Å². The highest BCUT2D eigenvalue weighted by molar-refractivity contribution is 5.33. The first-order valence-electron chi connectivity index (χ1n) is 5.44. The van der Waals surface area contributed by atoms with Crippen LogP contribution in [0.2, 0.25) is 0 Å². The van der Waals surface area contributed by atoms with Crippen LogP contribution < -0.4 is 4.74 Å². The highest BCUT2D eigenvalue weighted by Crippen LogP contribution is 2.21. The van der Waals surface area contributed by atoms with E-state index in [1.54, 1.807) is 0 Å². The van der Waals surface area contributed by atoms with Crippen LogP contribution in [0.25, 0.3) is 0 Å². The van der Waals surface area contributed by atoms with Crippen molar-refractivity contribution in [2.24, 2.45) is 5.92 Å². The molecule has 0 atom stereocenters. The van der Waals surface area contributed by atoms with E-state index in [2.05, 4.69) is 39.0 Å². The summed E-state index contributed by atoms with van der Waals surface area (Å²) in [5.41, 5.74) is 1.33. The average Bonchev–Trinajstić information content (AvgIpc) is 2.16. The Balaban J connectivity index is 2.69. The second-order valence-electron chi connectivity index (χ2n) is 4.05. The molecule has 0 amide bonds. The monoisotopic (exact) mass is 192 g/mol. The Morgan fingerprint density at radius 1 is 1.21 bits per heavy atom. The highest BCUT2D eigenvalue weighted by Gasteiger charge is 2.04. The molecule has 0 aromatic heterocycles. The molecule has 0 heterocycles. The molecule has 0 N–H and O–H groups in total. The van der Waals surface area contributed by atoms with E-state index in [9.17, 15) is 0 Å². The summed E-state index contributed by atoms with van der Waals surface area (Å²) in [6.07, 6.45) is 2.16. The van der Waals surface area contributed by atoms with Gasteiger partial charge in [-0.15, -0.1) is 0 Å². The van der Waals surface area contributed by atoms with Crippen LogP contribution in [0.4, 0.5) is 0 Å². The van der Waals surface area contributed by atoms with E-state index >= 15 is 0 Å². The molecule has 14 heavy (non-hydrogen) atoms. The number of ether oxygens (including phenoxy) is 1. The summed E-state index contributed by atoms with van der Waals surface area (Å²) < 4.78 is 5.69. The summed E-state index contributed by atoms with van der Waals surface area (Å²) in [7, 11) is 0. The minimum Gasteiger partial charge on any atom is -0.493 e. The molecule has 0 spiro atoms. The maximum atomic E-state index is 5.69. The number of para-hydroxylation sites is 1. The summed E-state index contributed by atoms with van der Waals surface area (Å²) in [6.45, 7) is 7.41. The molecule has 1 aromatic carbocycles. The van der Waals surface area contributed by atoms with Crippen molar-refractivity contribution in [3.63, 3.8) is 0 Å². The van der Waals surface area contributed by atoms with Crippen LogP contribution in [0.15, 0.2) is 24.3 Å². The van der Waals surface area contributed by atoms with Gasteiger partial charge in [-0.2, -0.15) is 0 Å². The lowest BCUT2D eigenvalue weighted by Gasteiger charge is -2.12. The molecular weight excluding hydrogens is 172 g/mol. The molecule has 1 rings (SSSR count). The standard InChI is InChI=1S/C13H20O/c1-4-9-14-13-8-6-5-7-12(13)10-11(2)3/h5-8,11H,4,9-10H2,1-3H3. The van der Waals surface area contributed by atoms with E-state index in [4.69, 9.17) is 4.74 Å². The zero-order valence-corrected chi connectivity index (χ0v) is 9.42. The smallest absolute Gasteiger partial charge is 0.122 e. The molecule has 0 radical (unpaired) electrons. The van der Waals surface area contributed by atoms with Gasteiger partial charge in [-0.25, -0.2) is 0 Å². The average molecular weight is 192 g/mol. The van der Waals surface area contributed by atoms with Crippen LogP contribution >= 0.6 is 0 Å². The SMILES string of the molecule is CCCOc1ccccc1CC(C)C. The van der Waals surface area contributed by atoms with Gasteiger partial charge in [0.1, 0.15) is 5.75 Å². The molecule has 1 aromatic rings. The van der Waals surface area contributed by atoms with Crippen LogP contribution in [0.5, 0.6) is 5.75 Å². The largest absolute Gasteiger partial charge is 0.493 e. The van der Waals surface area contributed by atoms with Gasteiger partial charge < -0.3 is 4.74 Å². The zero-order chi connectivity index (χ0) is 10.4. The Morgan fingerprint density at radius 2 is 1.93 bits per heavy atom. The predicted octanol–water partition coefficient (Wildman–Crippen LogP) is 3.67. The summed E-state index contributed by atoms with van der Waals surface area (Å²) in [5.74, 6) is 1.74. The quantitative estimate of drug-likeness (QED) is 0.691. The Labute approximate surface area is 87.1 Å². The van der Waals surface area contributed by atoms with Crippen molar-refractivity contribution in [1.82, 2.24) is 0 Å². The molecular formula is C13H20O. The molecule has 0 aliphatic carbocycles. The van der Waals surface area contributed by atoms with Crippen molar-refractivity contribution >= 4 is 0 Å². The van der Waals surface area contributed by atoms with Gasteiger partial charge in [0, 0.05) is 0 Å². The van der Waals surface area contributed by atoms with E-state index in [1.807, 2.05) is 6.07 Å². The van der Waals surface area contributed by atoms with Crippen LogP contribution in [0.1, 0.15) is 32.8 Å². The molecule has 0 aliphatic heterocycles. The van der Waals surface area contributed by atoms with E-state index < -0.39 is 0 Å². The molecule has 0 bridgehead atoms. The number of hydrogen-bond donors (Lipinski definition) is 0. The maximum absolute atomic E-state index is 5.69. The Hall–Kier alpha value is -0.980. The molecule has 1 nitrogen and oxygen atoms in total.